The van der Waals surface area contributed by atoms with Crippen molar-refractivity contribution in [1.82, 2.24) is 30.2 Å². The van der Waals surface area contributed by atoms with E-state index in [-0.39, 0.29) is 5.82 Å². The van der Waals surface area contributed by atoms with Gasteiger partial charge in [0.25, 0.3) is 0 Å². The number of hydrogen-bond donors (Lipinski definition) is 4. The highest BCUT2D eigenvalue weighted by atomic mass is 35.5. The Morgan fingerprint density at radius 3 is 2.68 bits per heavy atom. The number of nitrogens with zero attached hydrogens (tertiary/aromatic N) is 5. The quantitative estimate of drug-likeness (QED) is 0.478. The van der Waals surface area contributed by atoms with E-state index >= 15 is 0 Å². The fourth-order valence-electron chi connectivity index (χ4n) is 3.20. The van der Waals surface area contributed by atoms with E-state index in [1.54, 1.807) is 24.4 Å². The van der Waals surface area contributed by atoms with Gasteiger partial charge in [0.05, 0.1) is 22.8 Å². The molecule has 1 aliphatic rings. The summed E-state index contributed by atoms with van der Waals surface area (Å²) in [6.45, 7) is -0.455. The van der Waals surface area contributed by atoms with Crippen molar-refractivity contribution in [2.45, 2.75) is 30.5 Å². The van der Waals surface area contributed by atoms with E-state index in [0.717, 1.165) is 0 Å². The minimum atomic E-state index is -1.23. The van der Waals surface area contributed by atoms with Gasteiger partial charge in [0.1, 0.15) is 42.5 Å². The zero-order valence-corrected chi connectivity index (χ0v) is 15.7. The van der Waals surface area contributed by atoms with Crippen molar-refractivity contribution in [3.05, 3.63) is 46.6 Å². The molecule has 3 heterocycles. The van der Waals surface area contributed by atoms with Crippen LogP contribution in [0.15, 0.2) is 30.7 Å². The van der Waals surface area contributed by atoms with Crippen molar-refractivity contribution in [3.8, 4) is 11.3 Å². The van der Waals surface area contributed by atoms with Crippen LogP contribution >= 0.6 is 23.2 Å². The molecule has 1 aromatic carbocycles. The summed E-state index contributed by atoms with van der Waals surface area (Å²) in [7, 11) is 0. The predicted octanol–water partition coefficient (Wildman–Crippen LogP) is 0.765. The minimum absolute atomic E-state index is 0.271. The van der Waals surface area contributed by atoms with Gasteiger partial charge in [0, 0.05) is 5.56 Å². The summed E-state index contributed by atoms with van der Waals surface area (Å²) >= 11 is 12.0. The number of rotatable bonds is 4. The van der Waals surface area contributed by atoms with Crippen molar-refractivity contribution in [1.29, 1.82) is 0 Å². The van der Waals surface area contributed by atoms with Gasteiger partial charge in [0.15, 0.2) is 5.82 Å². The first-order chi connectivity index (χ1) is 13.5. The molecule has 4 N–H and O–H groups in total. The number of aliphatic hydroxyl groups excluding tert-OH is 3. The van der Waals surface area contributed by atoms with Crippen LogP contribution in [0, 0.1) is 0 Å². The average Bonchev–Trinajstić information content (AvgIpc) is 3.37. The Labute approximate surface area is 168 Å². The Hall–Kier alpha value is -2.08. The van der Waals surface area contributed by atoms with E-state index in [2.05, 4.69) is 25.5 Å². The largest absolute Gasteiger partial charge is 0.394 e. The standard InChI is InChI=1S/C16H16Cl2N6O4/c17-8-2-1-7(3-9(8)18)10-4-24(23-21-10)12-13(26)11(5-25)28-15(14(12)27)16-19-6-20-22-16/h1-4,6,11-15,25-27H,5H2,(H,19,20,22)/t11-,12+,13+,14-,15-/m1/s1. The van der Waals surface area contributed by atoms with Gasteiger partial charge in [-0.2, -0.15) is 5.10 Å². The number of hydrogen-bond acceptors (Lipinski definition) is 8. The maximum Gasteiger partial charge on any atom is 0.156 e. The normalized spacial score (nSPS) is 27.8. The van der Waals surface area contributed by atoms with Crippen molar-refractivity contribution < 1.29 is 20.1 Å². The van der Waals surface area contributed by atoms with Crippen molar-refractivity contribution in [3.63, 3.8) is 0 Å². The van der Waals surface area contributed by atoms with Gasteiger partial charge < -0.3 is 20.1 Å². The highest BCUT2D eigenvalue weighted by Gasteiger charge is 2.47. The van der Waals surface area contributed by atoms with Crippen LogP contribution in [0.5, 0.6) is 0 Å². The lowest BCUT2D eigenvalue weighted by atomic mass is 9.92. The molecule has 10 nitrogen and oxygen atoms in total. The van der Waals surface area contributed by atoms with Crippen molar-refractivity contribution in [2.75, 3.05) is 6.61 Å². The molecule has 0 amide bonds. The van der Waals surface area contributed by atoms with Crippen LogP contribution in [0.1, 0.15) is 18.0 Å². The Bertz CT molecular complexity index is 953. The number of halogens is 2. The molecule has 1 aliphatic heterocycles. The van der Waals surface area contributed by atoms with E-state index in [1.165, 1.54) is 11.0 Å². The molecular weight excluding hydrogens is 411 g/mol. The Morgan fingerprint density at radius 2 is 2.00 bits per heavy atom. The Morgan fingerprint density at radius 1 is 1.18 bits per heavy atom. The SMILES string of the molecule is OC[C@H]1O[C@@H](c2ncn[nH]2)[C@H](O)[C@@H](n2cc(-c3ccc(Cl)c(Cl)c3)nn2)[C@H]1O. The zero-order chi connectivity index (χ0) is 19.8. The molecule has 2 aromatic heterocycles. The number of aromatic nitrogens is 6. The predicted molar refractivity (Wildman–Crippen MR) is 97.6 cm³/mol. The average molecular weight is 427 g/mol. The maximum atomic E-state index is 10.8. The van der Waals surface area contributed by atoms with Crippen LogP contribution in [0.4, 0.5) is 0 Å². The summed E-state index contributed by atoms with van der Waals surface area (Å²) in [6.07, 6.45) is -1.52. The molecule has 0 aliphatic carbocycles. The highest BCUT2D eigenvalue weighted by Crippen LogP contribution is 2.37. The molecule has 4 rings (SSSR count). The summed E-state index contributed by atoms with van der Waals surface area (Å²) < 4.78 is 6.93. The summed E-state index contributed by atoms with van der Waals surface area (Å²) in [4.78, 5) is 4.00. The number of H-pyrrole nitrogens is 1. The second-order valence-corrected chi connectivity index (χ2v) is 7.15. The number of ether oxygens (including phenoxy) is 1. The lowest BCUT2D eigenvalue weighted by Gasteiger charge is -2.41. The van der Waals surface area contributed by atoms with Crippen LogP contribution in [0.3, 0.4) is 0 Å². The molecular formula is C16H16Cl2N6O4. The van der Waals surface area contributed by atoms with Gasteiger partial charge in [-0.3, -0.25) is 5.10 Å². The minimum Gasteiger partial charge on any atom is -0.394 e. The van der Waals surface area contributed by atoms with E-state index in [0.29, 0.717) is 21.3 Å². The number of benzene rings is 1. The molecule has 0 saturated carbocycles. The molecule has 12 heteroatoms. The van der Waals surface area contributed by atoms with Crippen LogP contribution in [0.2, 0.25) is 10.0 Å². The highest BCUT2D eigenvalue weighted by molar-refractivity contribution is 6.42. The van der Waals surface area contributed by atoms with E-state index in [9.17, 15) is 15.3 Å². The molecule has 3 aromatic rings. The summed E-state index contributed by atoms with van der Waals surface area (Å²) in [5.41, 5.74) is 1.14. The molecule has 0 radical (unpaired) electrons. The van der Waals surface area contributed by atoms with Gasteiger partial charge in [-0.05, 0) is 12.1 Å². The topological polar surface area (TPSA) is 142 Å². The Kier molecular flexibility index (Phi) is 5.32. The van der Waals surface area contributed by atoms with E-state index in [4.69, 9.17) is 27.9 Å². The summed E-state index contributed by atoms with van der Waals surface area (Å²) in [5, 5.41) is 46.3. The fraction of sp³-hybridized carbons (Fsp3) is 0.375. The molecule has 1 fully saturated rings. The van der Waals surface area contributed by atoms with Crippen LogP contribution in [-0.4, -0.2) is 70.4 Å². The zero-order valence-electron chi connectivity index (χ0n) is 14.2. The molecule has 0 unspecified atom stereocenters. The van der Waals surface area contributed by atoms with Crippen LogP contribution < -0.4 is 0 Å². The molecule has 28 heavy (non-hydrogen) atoms. The van der Waals surface area contributed by atoms with Gasteiger partial charge >= 0.3 is 0 Å². The van der Waals surface area contributed by atoms with Crippen LogP contribution in [-0.2, 0) is 4.74 Å². The van der Waals surface area contributed by atoms with Gasteiger partial charge in [-0.15, -0.1) is 5.10 Å². The van der Waals surface area contributed by atoms with Crippen LogP contribution in [0.25, 0.3) is 11.3 Å². The monoisotopic (exact) mass is 426 g/mol. The third kappa shape index (κ3) is 3.39. The Balaban J connectivity index is 1.68. The second kappa shape index (κ2) is 7.74. The van der Waals surface area contributed by atoms with Gasteiger partial charge in [-0.25, -0.2) is 9.67 Å². The third-order valence-corrected chi connectivity index (χ3v) is 5.37. The molecule has 0 bridgehead atoms. The number of aromatic amines is 1. The van der Waals surface area contributed by atoms with E-state index < -0.39 is 37.1 Å². The molecule has 148 valence electrons. The van der Waals surface area contributed by atoms with E-state index in [1.807, 2.05) is 0 Å². The number of nitrogens with one attached hydrogen (secondary N) is 1. The van der Waals surface area contributed by atoms with Gasteiger partial charge in [-0.1, -0.05) is 34.5 Å². The molecule has 0 spiro atoms. The summed E-state index contributed by atoms with van der Waals surface area (Å²) in [6, 6.07) is 4.07. The smallest absolute Gasteiger partial charge is 0.156 e. The van der Waals surface area contributed by atoms with Crippen molar-refractivity contribution in [2.24, 2.45) is 0 Å². The first kappa shape index (κ1) is 19.2. The fourth-order valence-corrected chi connectivity index (χ4v) is 3.50. The first-order valence-electron chi connectivity index (χ1n) is 8.34. The third-order valence-electron chi connectivity index (χ3n) is 4.63. The number of aliphatic hydroxyl groups is 3. The molecule has 5 atom stereocenters. The first-order valence-corrected chi connectivity index (χ1v) is 9.10. The second-order valence-electron chi connectivity index (χ2n) is 6.33. The van der Waals surface area contributed by atoms with Crippen molar-refractivity contribution >= 4 is 23.2 Å². The molecule has 1 saturated heterocycles. The maximum absolute atomic E-state index is 10.8. The lowest BCUT2D eigenvalue weighted by molar-refractivity contribution is -0.210. The van der Waals surface area contributed by atoms with Gasteiger partial charge in [0.2, 0.25) is 0 Å². The summed E-state index contributed by atoms with van der Waals surface area (Å²) in [5.74, 6) is 0.271. The lowest BCUT2D eigenvalue weighted by Crippen LogP contribution is -2.53.